The summed E-state index contributed by atoms with van der Waals surface area (Å²) in [7, 11) is 1.84. The zero-order valence-corrected chi connectivity index (χ0v) is 17.4. The Labute approximate surface area is 174 Å². The lowest BCUT2D eigenvalue weighted by molar-refractivity contribution is 0.0906. The molecule has 7 heteroatoms. The van der Waals surface area contributed by atoms with Gasteiger partial charge in [-0.3, -0.25) is 14.5 Å². The summed E-state index contributed by atoms with van der Waals surface area (Å²) in [6.07, 6.45) is 5.28. The largest absolute Gasteiger partial charge is 0.350 e. The maximum absolute atomic E-state index is 13.0. The molecule has 0 radical (unpaired) electrons. The molecule has 4 aromatic rings. The number of hydrogen-bond acceptors (Lipinski definition) is 5. The molecule has 4 rings (SSSR count). The summed E-state index contributed by atoms with van der Waals surface area (Å²) in [5.41, 5.74) is 6.52. The first-order chi connectivity index (χ1) is 14.4. The van der Waals surface area contributed by atoms with E-state index in [4.69, 9.17) is 4.52 Å². The fourth-order valence-electron chi connectivity index (χ4n) is 3.42. The summed E-state index contributed by atoms with van der Waals surface area (Å²) < 4.78 is 7.06. The molecule has 0 saturated heterocycles. The summed E-state index contributed by atoms with van der Waals surface area (Å²) >= 11 is 0. The van der Waals surface area contributed by atoms with Gasteiger partial charge < -0.3 is 9.84 Å². The molecule has 1 amide bonds. The van der Waals surface area contributed by atoms with Gasteiger partial charge in [0.15, 0.2) is 0 Å². The zero-order chi connectivity index (χ0) is 21.3. The second-order valence-corrected chi connectivity index (χ2v) is 7.41. The summed E-state index contributed by atoms with van der Waals surface area (Å²) in [5, 5.41) is 11.5. The Bertz CT molecular complexity index is 1190. The number of carbonyl (C=O) groups is 1. The van der Waals surface area contributed by atoms with Crippen LogP contribution in [0.5, 0.6) is 0 Å². The van der Waals surface area contributed by atoms with Gasteiger partial charge in [0.2, 0.25) is 5.76 Å². The number of nitrogens with zero attached hydrogens (tertiary/aromatic N) is 4. The van der Waals surface area contributed by atoms with Crippen molar-refractivity contribution < 1.29 is 9.32 Å². The number of benzene rings is 1. The van der Waals surface area contributed by atoms with Crippen LogP contribution in [0.3, 0.4) is 0 Å². The van der Waals surface area contributed by atoms with Crippen molar-refractivity contribution >= 4 is 5.91 Å². The third kappa shape index (κ3) is 3.87. The lowest BCUT2D eigenvalue weighted by Gasteiger charge is -2.20. The Morgan fingerprint density at radius 3 is 2.47 bits per heavy atom. The van der Waals surface area contributed by atoms with E-state index in [1.165, 1.54) is 5.56 Å². The van der Waals surface area contributed by atoms with Gasteiger partial charge in [-0.05, 0) is 55.2 Å². The average molecular weight is 401 g/mol. The van der Waals surface area contributed by atoms with E-state index >= 15 is 0 Å². The highest BCUT2D eigenvalue weighted by atomic mass is 16.5. The minimum Gasteiger partial charge on any atom is -0.350 e. The third-order valence-corrected chi connectivity index (χ3v) is 5.20. The van der Waals surface area contributed by atoms with Crippen LogP contribution in [-0.4, -0.2) is 25.8 Å². The number of aryl methyl sites for hydroxylation is 4. The van der Waals surface area contributed by atoms with Crippen LogP contribution in [0.2, 0.25) is 0 Å². The smallest absolute Gasteiger partial charge is 0.290 e. The number of amides is 1. The molecule has 1 N–H and O–H groups in total. The van der Waals surface area contributed by atoms with Gasteiger partial charge in [-0.25, -0.2) is 0 Å². The Kier molecular flexibility index (Phi) is 5.18. The summed E-state index contributed by atoms with van der Waals surface area (Å²) in [6, 6.07) is 11.3. The molecule has 0 aliphatic heterocycles. The zero-order valence-electron chi connectivity index (χ0n) is 17.4. The molecule has 7 nitrogen and oxygen atoms in total. The minimum absolute atomic E-state index is 0.149. The Balaban J connectivity index is 1.64. The van der Waals surface area contributed by atoms with Crippen molar-refractivity contribution in [3.8, 4) is 11.3 Å². The van der Waals surface area contributed by atoms with Crippen molar-refractivity contribution in [1.82, 2.24) is 25.2 Å². The lowest BCUT2D eigenvalue weighted by Crippen LogP contribution is -2.29. The van der Waals surface area contributed by atoms with Crippen LogP contribution >= 0.6 is 0 Å². The van der Waals surface area contributed by atoms with Crippen LogP contribution < -0.4 is 5.32 Å². The van der Waals surface area contributed by atoms with Crippen LogP contribution in [0.1, 0.15) is 44.5 Å². The van der Waals surface area contributed by atoms with Crippen molar-refractivity contribution in [2.75, 3.05) is 0 Å². The number of nitrogens with one attached hydrogen (secondary N) is 1. The molecule has 0 fully saturated rings. The molecule has 0 aliphatic rings. The monoisotopic (exact) mass is 401 g/mol. The van der Waals surface area contributed by atoms with Crippen molar-refractivity contribution in [1.29, 1.82) is 0 Å². The molecule has 0 unspecified atom stereocenters. The van der Waals surface area contributed by atoms with Crippen LogP contribution in [0.25, 0.3) is 11.3 Å². The van der Waals surface area contributed by atoms with E-state index < -0.39 is 0 Å². The van der Waals surface area contributed by atoms with Crippen molar-refractivity contribution in [2.45, 2.75) is 26.8 Å². The third-order valence-electron chi connectivity index (χ3n) is 5.20. The van der Waals surface area contributed by atoms with E-state index in [2.05, 4.69) is 46.5 Å². The Morgan fingerprint density at radius 1 is 1.03 bits per heavy atom. The number of rotatable bonds is 5. The van der Waals surface area contributed by atoms with E-state index in [1.807, 2.05) is 38.4 Å². The summed E-state index contributed by atoms with van der Waals surface area (Å²) in [4.78, 5) is 17.1. The summed E-state index contributed by atoms with van der Waals surface area (Å²) in [5.74, 6) is -0.188. The quantitative estimate of drug-likeness (QED) is 0.548. The molecule has 0 aliphatic carbocycles. The highest BCUT2D eigenvalue weighted by Crippen LogP contribution is 2.26. The molecule has 30 heavy (non-hydrogen) atoms. The fourth-order valence-corrected chi connectivity index (χ4v) is 3.42. The number of hydrogen-bond donors (Lipinski definition) is 1. The first-order valence-electron chi connectivity index (χ1n) is 9.67. The summed E-state index contributed by atoms with van der Waals surface area (Å²) in [6.45, 7) is 6.02. The van der Waals surface area contributed by atoms with Gasteiger partial charge in [0.05, 0.1) is 11.7 Å². The molecule has 152 valence electrons. The van der Waals surface area contributed by atoms with E-state index in [-0.39, 0.29) is 17.7 Å². The molecule has 0 saturated carbocycles. The van der Waals surface area contributed by atoms with Crippen LogP contribution in [0.15, 0.2) is 59.5 Å². The molecule has 0 spiro atoms. The second kappa shape index (κ2) is 7.94. The van der Waals surface area contributed by atoms with E-state index in [1.54, 1.807) is 23.1 Å². The fraction of sp³-hybridized carbons (Fsp3) is 0.217. The first-order valence-corrected chi connectivity index (χ1v) is 9.67. The topological polar surface area (TPSA) is 85.8 Å². The van der Waals surface area contributed by atoms with E-state index in [0.29, 0.717) is 5.69 Å². The normalized spacial score (nSPS) is 12.0. The van der Waals surface area contributed by atoms with Gasteiger partial charge in [0.1, 0.15) is 5.69 Å². The maximum atomic E-state index is 13.0. The molecular weight excluding hydrogens is 378 g/mol. The molecule has 3 aromatic heterocycles. The Hall–Kier alpha value is -3.74. The highest BCUT2D eigenvalue weighted by Gasteiger charge is 2.22. The first kappa shape index (κ1) is 19.6. The molecule has 0 bridgehead atoms. The average Bonchev–Trinajstić information content (AvgIpc) is 3.35. The van der Waals surface area contributed by atoms with Crippen LogP contribution in [-0.2, 0) is 7.05 Å². The van der Waals surface area contributed by atoms with E-state index in [9.17, 15) is 4.79 Å². The Morgan fingerprint density at radius 2 is 1.80 bits per heavy atom. The van der Waals surface area contributed by atoms with Gasteiger partial charge in [-0.2, -0.15) is 5.10 Å². The molecule has 3 heterocycles. The lowest BCUT2D eigenvalue weighted by atomic mass is 9.96. The van der Waals surface area contributed by atoms with Crippen molar-refractivity contribution in [2.24, 2.45) is 7.05 Å². The number of carbonyl (C=O) groups excluding carboxylic acids is 1. The molecular formula is C23H23N5O2. The maximum Gasteiger partial charge on any atom is 0.290 e. The predicted molar refractivity (Wildman–Crippen MR) is 113 cm³/mol. The van der Waals surface area contributed by atoms with Crippen LogP contribution in [0.4, 0.5) is 0 Å². The molecule has 1 atom stereocenters. The van der Waals surface area contributed by atoms with Gasteiger partial charge in [0, 0.05) is 37.3 Å². The van der Waals surface area contributed by atoms with Crippen molar-refractivity contribution in [3.05, 3.63) is 88.7 Å². The van der Waals surface area contributed by atoms with Gasteiger partial charge in [0.25, 0.3) is 5.91 Å². The van der Waals surface area contributed by atoms with Gasteiger partial charge in [-0.1, -0.05) is 23.4 Å². The van der Waals surface area contributed by atoms with Crippen LogP contribution in [0, 0.1) is 20.8 Å². The standard InChI is InChI=1S/C23H23N5O2/c1-14-5-6-18(11-15(14)2)22(17-7-9-24-10-8-17)25-23(29)21-12-20(27-30-21)19-13-28(4)26-16(19)3/h5-13,22H,1-4H3,(H,25,29)/t22-/m0/s1. The predicted octanol–water partition coefficient (Wildman–Crippen LogP) is 3.91. The number of aromatic nitrogens is 4. The SMILES string of the molecule is Cc1ccc([C@@H](NC(=O)c2cc(-c3cn(C)nc3C)no2)c2ccncc2)cc1C. The van der Waals surface area contributed by atoms with Gasteiger partial charge >= 0.3 is 0 Å². The van der Waals surface area contributed by atoms with Crippen molar-refractivity contribution in [3.63, 3.8) is 0 Å². The van der Waals surface area contributed by atoms with E-state index in [0.717, 1.165) is 27.9 Å². The number of pyridine rings is 1. The van der Waals surface area contributed by atoms with Gasteiger partial charge in [-0.15, -0.1) is 0 Å². The highest BCUT2D eigenvalue weighted by molar-refractivity contribution is 5.93. The minimum atomic E-state index is -0.339. The second-order valence-electron chi connectivity index (χ2n) is 7.41. The molecule has 1 aromatic carbocycles.